The smallest absolute Gasteiger partial charge is 0.447 e. The van der Waals surface area contributed by atoms with Crippen LogP contribution in [0.2, 0.25) is 0 Å². The predicted molar refractivity (Wildman–Crippen MR) is 137 cm³/mol. The number of ether oxygens (including phenoxy) is 1. The summed E-state index contributed by atoms with van der Waals surface area (Å²) in [5, 5.41) is 31.5. The van der Waals surface area contributed by atoms with E-state index in [-0.39, 0.29) is 38.1 Å². The van der Waals surface area contributed by atoms with Crippen LogP contribution in [0.1, 0.15) is 39.2 Å². The van der Waals surface area contributed by atoms with Crippen molar-refractivity contribution in [3.63, 3.8) is 0 Å². The summed E-state index contributed by atoms with van der Waals surface area (Å²) in [5.74, 6) is -1.76. The highest BCUT2D eigenvalue weighted by atomic mass is 19.1. The lowest BCUT2D eigenvalue weighted by Crippen LogP contribution is -2.52. The number of hydrogen-bond acceptors (Lipinski definition) is 7. The molecule has 1 aromatic carbocycles. The van der Waals surface area contributed by atoms with Gasteiger partial charge in [0.15, 0.2) is 0 Å². The Morgan fingerprint density at radius 1 is 1.29 bits per heavy atom. The van der Waals surface area contributed by atoms with Gasteiger partial charge in [-0.3, -0.25) is 9.69 Å². The van der Waals surface area contributed by atoms with Crippen LogP contribution in [0.3, 0.4) is 0 Å². The molecule has 2 fully saturated rings. The Bertz CT molecular complexity index is 1070. The molecule has 4 atom stereocenters. The molecule has 12 heteroatoms. The molecule has 1 aromatic rings. The van der Waals surface area contributed by atoms with Crippen molar-refractivity contribution in [1.29, 1.82) is 5.26 Å². The van der Waals surface area contributed by atoms with E-state index < -0.39 is 48.5 Å². The minimum Gasteiger partial charge on any atom is -0.447 e. The van der Waals surface area contributed by atoms with Gasteiger partial charge in [0.2, 0.25) is 0 Å². The molecule has 0 bridgehead atoms. The normalized spacial score (nSPS) is 25.1. The van der Waals surface area contributed by atoms with Crippen LogP contribution in [0, 0.1) is 11.3 Å². The highest BCUT2D eigenvalue weighted by molar-refractivity contribution is 6.43. The molecule has 9 nitrogen and oxygen atoms in total. The number of nitrogens with one attached hydrogen (secondary N) is 1. The number of likely N-dealkylation sites (tertiary alicyclic amines) is 2. The zero-order chi connectivity index (χ0) is 28.1. The van der Waals surface area contributed by atoms with Gasteiger partial charge in [0, 0.05) is 25.0 Å². The third-order valence-electron chi connectivity index (χ3n) is 7.21. The Kier molecular flexibility index (Phi) is 9.52. The van der Waals surface area contributed by atoms with Crippen LogP contribution in [0.15, 0.2) is 42.0 Å². The molecule has 2 amide bonds. The number of rotatable bonds is 9. The lowest BCUT2D eigenvalue weighted by molar-refractivity contribution is -0.131. The fraction of sp³-hybridized carbons (Fsp3) is 0.577. The van der Waals surface area contributed by atoms with Gasteiger partial charge in [0.05, 0.1) is 18.0 Å². The first-order valence-corrected chi connectivity index (χ1v) is 12.7. The maximum absolute atomic E-state index is 14.5. The standard InChI is InChI=1S/C26H35BF2N4O5/c1-25(2,32-10-9-20(28)15-32)12-19(14-30)23(34)33-16-21(29)13-26(33,3)17-38-24(35)31-22(27(36)37)11-18-7-5-4-6-8-18/h4-8,12,20-22,36-37H,9-11,13,15-17H2,1-3H3,(H,31,35)/t20?,21-,22-,26+/m0/s1. The molecule has 0 aliphatic carbocycles. The summed E-state index contributed by atoms with van der Waals surface area (Å²) in [7, 11) is -1.85. The summed E-state index contributed by atoms with van der Waals surface area (Å²) in [6, 6.07) is 10.8. The van der Waals surface area contributed by atoms with Crippen LogP contribution in [0.25, 0.3) is 0 Å². The summed E-state index contributed by atoms with van der Waals surface area (Å²) in [5.41, 5.74) is -1.45. The van der Waals surface area contributed by atoms with Gasteiger partial charge in [-0.25, -0.2) is 13.6 Å². The summed E-state index contributed by atoms with van der Waals surface area (Å²) in [4.78, 5) is 28.9. The molecule has 2 aliphatic heterocycles. The average molecular weight is 532 g/mol. The zero-order valence-corrected chi connectivity index (χ0v) is 21.9. The molecule has 0 aromatic heterocycles. The fourth-order valence-corrected chi connectivity index (χ4v) is 5.02. The number of alkyl carbamates (subject to hydrolysis) is 1. The van der Waals surface area contributed by atoms with Gasteiger partial charge in [-0.1, -0.05) is 30.3 Å². The minimum absolute atomic E-state index is 0.111. The second-order valence-corrected chi connectivity index (χ2v) is 10.8. The largest absolute Gasteiger partial charge is 0.475 e. The SMILES string of the molecule is CC(C)(C=C(C#N)C(=O)N1C[C@@H](F)C[C@]1(C)COC(=O)N[C@@H](Cc1ccccc1)B(O)O)N1CCC(F)C1. The Morgan fingerprint density at radius 2 is 1.97 bits per heavy atom. The minimum atomic E-state index is -1.85. The fourth-order valence-electron chi connectivity index (χ4n) is 5.02. The van der Waals surface area contributed by atoms with Crippen molar-refractivity contribution in [3.8, 4) is 6.07 Å². The maximum Gasteiger partial charge on any atom is 0.475 e. The van der Waals surface area contributed by atoms with Gasteiger partial charge in [-0.2, -0.15) is 5.26 Å². The van der Waals surface area contributed by atoms with Crippen LogP contribution in [0.5, 0.6) is 0 Å². The molecule has 1 unspecified atom stereocenters. The first kappa shape index (κ1) is 29.5. The van der Waals surface area contributed by atoms with Crippen molar-refractivity contribution in [2.45, 2.75) is 69.4 Å². The second kappa shape index (κ2) is 12.2. The number of nitrogens with zero attached hydrogens (tertiary/aromatic N) is 3. The number of carbonyl (C=O) groups is 2. The zero-order valence-electron chi connectivity index (χ0n) is 21.9. The van der Waals surface area contributed by atoms with E-state index in [9.17, 15) is 33.7 Å². The Labute approximate surface area is 222 Å². The van der Waals surface area contributed by atoms with Gasteiger partial charge in [0.1, 0.15) is 30.6 Å². The number of halogens is 2. The van der Waals surface area contributed by atoms with Gasteiger partial charge in [0.25, 0.3) is 5.91 Å². The van der Waals surface area contributed by atoms with Crippen molar-refractivity contribution in [1.82, 2.24) is 15.1 Å². The summed E-state index contributed by atoms with van der Waals surface area (Å²) in [6.07, 6.45) is -1.44. The van der Waals surface area contributed by atoms with E-state index in [1.165, 1.54) is 11.0 Å². The summed E-state index contributed by atoms with van der Waals surface area (Å²) < 4.78 is 33.6. The first-order valence-electron chi connectivity index (χ1n) is 12.7. The second-order valence-electron chi connectivity index (χ2n) is 10.8. The molecule has 206 valence electrons. The van der Waals surface area contributed by atoms with E-state index in [0.29, 0.717) is 13.0 Å². The molecule has 0 radical (unpaired) electrons. The van der Waals surface area contributed by atoms with E-state index in [2.05, 4.69) is 5.32 Å². The van der Waals surface area contributed by atoms with E-state index in [1.807, 2.05) is 17.0 Å². The van der Waals surface area contributed by atoms with Crippen molar-refractivity contribution in [2.24, 2.45) is 0 Å². The molecule has 2 aliphatic rings. The molecular formula is C26H35BF2N4O5. The van der Waals surface area contributed by atoms with Gasteiger partial charge in [-0.05, 0) is 45.3 Å². The number of benzene rings is 1. The molecule has 0 spiro atoms. The van der Waals surface area contributed by atoms with Gasteiger partial charge >= 0.3 is 13.2 Å². The van der Waals surface area contributed by atoms with E-state index in [1.54, 1.807) is 45.0 Å². The number of alkyl halides is 2. The maximum atomic E-state index is 14.5. The number of hydrogen-bond donors (Lipinski definition) is 3. The lowest BCUT2D eigenvalue weighted by Gasteiger charge is -2.36. The van der Waals surface area contributed by atoms with Crippen LogP contribution in [0.4, 0.5) is 13.6 Å². The Balaban J connectivity index is 1.68. The highest BCUT2D eigenvalue weighted by Gasteiger charge is 2.47. The Hall–Kier alpha value is -3.01. The Morgan fingerprint density at radius 3 is 2.55 bits per heavy atom. The molecular weight excluding hydrogens is 497 g/mol. The van der Waals surface area contributed by atoms with Crippen LogP contribution in [-0.4, -0.2) is 94.6 Å². The monoisotopic (exact) mass is 532 g/mol. The van der Waals surface area contributed by atoms with Crippen molar-refractivity contribution >= 4 is 19.1 Å². The van der Waals surface area contributed by atoms with Gasteiger partial charge in [-0.15, -0.1) is 0 Å². The number of carbonyl (C=O) groups excluding carboxylic acids is 2. The highest BCUT2D eigenvalue weighted by Crippen LogP contribution is 2.33. The first-order chi connectivity index (χ1) is 17.8. The quantitative estimate of drug-likeness (QED) is 0.252. The number of amides is 2. The summed E-state index contributed by atoms with van der Waals surface area (Å²) in [6.45, 7) is 5.17. The molecule has 3 rings (SSSR count). The van der Waals surface area contributed by atoms with Crippen LogP contribution in [-0.2, 0) is 16.0 Å². The predicted octanol–water partition coefficient (Wildman–Crippen LogP) is 1.94. The topological polar surface area (TPSA) is 126 Å². The van der Waals surface area contributed by atoms with Crippen LogP contribution >= 0.6 is 0 Å². The third-order valence-corrected chi connectivity index (χ3v) is 7.21. The van der Waals surface area contributed by atoms with Crippen molar-refractivity contribution in [2.75, 3.05) is 26.2 Å². The third kappa shape index (κ3) is 7.31. The molecule has 0 saturated carbocycles. The number of nitriles is 1. The van der Waals surface area contributed by atoms with Crippen molar-refractivity contribution < 1.29 is 33.2 Å². The lowest BCUT2D eigenvalue weighted by atomic mass is 9.76. The van der Waals surface area contributed by atoms with E-state index in [0.717, 1.165) is 5.56 Å². The molecule has 3 N–H and O–H groups in total. The van der Waals surface area contributed by atoms with Crippen LogP contribution < -0.4 is 5.32 Å². The van der Waals surface area contributed by atoms with Crippen molar-refractivity contribution in [3.05, 3.63) is 47.5 Å². The van der Waals surface area contributed by atoms with E-state index in [4.69, 9.17) is 4.74 Å². The van der Waals surface area contributed by atoms with Gasteiger partial charge < -0.3 is 25.0 Å². The molecule has 2 heterocycles. The van der Waals surface area contributed by atoms with E-state index >= 15 is 0 Å². The molecule has 38 heavy (non-hydrogen) atoms. The summed E-state index contributed by atoms with van der Waals surface area (Å²) >= 11 is 0. The average Bonchev–Trinajstić information content (AvgIpc) is 3.44. The molecule has 2 saturated heterocycles.